The van der Waals surface area contributed by atoms with Crippen LogP contribution in [0.3, 0.4) is 0 Å². The van der Waals surface area contributed by atoms with Gasteiger partial charge in [-0.25, -0.2) is 4.98 Å². The van der Waals surface area contributed by atoms with Crippen molar-refractivity contribution in [2.75, 3.05) is 11.9 Å². The molecular formula is C22H24N6O2. The molecule has 1 aliphatic heterocycles. The summed E-state index contributed by atoms with van der Waals surface area (Å²) in [6.45, 7) is 4.01. The maximum Gasteiger partial charge on any atom is 0.289 e. The van der Waals surface area contributed by atoms with Crippen molar-refractivity contribution in [2.24, 2.45) is 5.92 Å². The molecule has 8 heteroatoms. The van der Waals surface area contributed by atoms with E-state index in [1.807, 2.05) is 56.3 Å². The average Bonchev–Trinajstić information content (AvgIpc) is 3.22. The molecule has 2 amide bonds. The van der Waals surface area contributed by atoms with Gasteiger partial charge in [0.25, 0.3) is 11.8 Å². The summed E-state index contributed by atoms with van der Waals surface area (Å²) in [4.78, 5) is 34.8. The third-order valence-corrected chi connectivity index (χ3v) is 5.79. The molecule has 3 aromatic rings. The molecule has 0 fully saturated rings. The monoisotopic (exact) mass is 404 g/mol. The van der Waals surface area contributed by atoms with Crippen molar-refractivity contribution in [2.45, 2.75) is 32.2 Å². The molecule has 0 unspecified atom stereocenters. The van der Waals surface area contributed by atoms with Gasteiger partial charge in [0.15, 0.2) is 0 Å². The molecular weight excluding hydrogens is 380 g/mol. The zero-order valence-corrected chi connectivity index (χ0v) is 17.2. The first-order valence-corrected chi connectivity index (χ1v) is 9.94. The molecule has 3 heterocycles. The number of fused-ring (bicyclic) bond motifs is 1. The molecule has 1 aromatic carbocycles. The van der Waals surface area contributed by atoms with Gasteiger partial charge in [0.1, 0.15) is 17.7 Å². The number of amides is 2. The summed E-state index contributed by atoms with van der Waals surface area (Å²) in [6.07, 6.45) is 2.21. The predicted molar refractivity (Wildman–Crippen MR) is 112 cm³/mol. The van der Waals surface area contributed by atoms with Crippen LogP contribution in [0.1, 0.15) is 47.3 Å². The number of aromatic nitrogens is 4. The number of carbonyl (C=O) groups excluding carboxylic acids is 2. The Bertz CT molecular complexity index is 1060. The highest BCUT2D eigenvalue weighted by Crippen LogP contribution is 2.36. The van der Waals surface area contributed by atoms with Crippen LogP contribution in [0.2, 0.25) is 0 Å². The van der Waals surface area contributed by atoms with Gasteiger partial charge in [0, 0.05) is 19.7 Å². The number of aromatic amines is 1. The molecule has 4 rings (SSSR count). The lowest BCUT2D eigenvalue weighted by Gasteiger charge is -2.26. The van der Waals surface area contributed by atoms with E-state index in [2.05, 4.69) is 25.5 Å². The van der Waals surface area contributed by atoms with E-state index in [0.29, 0.717) is 18.1 Å². The number of anilines is 1. The van der Waals surface area contributed by atoms with Crippen LogP contribution in [-0.2, 0) is 11.2 Å². The largest absolute Gasteiger partial charge is 0.337 e. The van der Waals surface area contributed by atoms with Gasteiger partial charge in [-0.3, -0.25) is 14.5 Å². The van der Waals surface area contributed by atoms with E-state index in [9.17, 15) is 9.59 Å². The van der Waals surface area contributed by atoms with Crippen LogP contribution < -0.4 is 10.2 Å². The molecule has 2 aromatic heterocycles. The maximum atomic E-state index is 13.1. The van der Waals surface area contributed by atoms with Crippen LogP contribution in [0, 0.1) is 5.92 Å². The number of hydrogen-bond acceptors (Lipinski definition) is 5. The van der Waals surface area contributed by atoms with Gasteiger partial charge in [-0.15, -0.1) is 10.2 Å². The highest BCUT2D eigenvalue weighted by molar-refractivity contribution is 6.01. The summed E-state index contributed by atoms with van der Waals surface area (Å²) in [5, 5.41) is 10.9. The standard InChI is InChI=1S/C22H24N6O2/c1-13-14(2)18(22(30)28(3)20-16(13)10-7-11-23-20)25-21(29)19-24-17(26-27-19)12-15-8-5-4-6-9-15/h4-11,13-14,18H,12H2,1-3H3,(H,25,29)(H,24,26,27)/t13-,14+,18+/m1/s1. The maximum absolute atomic E-state index is 13.1. The van der Waals surface area contributed by atoms with Gasteiger partial charge in [0.2, 0.25) is 5.82 Å². The summed E-state index contributed by atoms with van der Waals surface area (Å²) in [5.41, 5.74) is 2.05. The Kier molecular flexibility index (Phi) is 5.31. The van der Waals surface area contributed by atoms with Gasteiger partial charge >= 0.3 is 0 Å². The summed E-state index contributed by atoms with van der Waals surface area (Å²) in [7, 11) is 1.69. The number of H-pyrrole nitrogens is 1. The van der Waals surface area contributed by atoms with Crippen LogP contribution in [0.15, 0.2) is 48.7 Å². The second-order valence-electron chi connectivity index (χ2n) is 7.70. The van der Waals surface area contributed by atoms with Crippen molar-refractivity contribution in [3.8, 4) is 0 Å². The first-order valence-electron chi connectivity index (χ1n) is 9.94. The van der Waals surface area contributed by atoms with E-state index >= 15 is 0 Å². The molecule has 0 bridgehead atoms. The lowest BCUT2D eigenvalue weighted by atomic mass is 9.85. The topological polar surface area (TPSA) is 104 Å². The van der Waals surface area contributed by atoms with Crippen molar-refractivity contribution < 1.29 is 9.59 Å². The number of carbonyl (C=O) groups is 2. The molecule has 154 valence electrons. The Balaban J connectivity index is 1.52. The fourth-order valence-electron chi connectivity index (χ4n) is 3.83. The predicted octanol–water partition coefficient (Wildman–Crippen LogP) is 2.31. The van der Waals surface area contributed by atoms with Gasteiger partial charge in [-0.2, -0.15) is 0 Å². The highest BCUT2D eigenvalue weighted by atomic mass is 16.2. The minimum absolute atomic E-state index is 0.0382. The number of benzene rings is 1. The number of likely N-dealkylation sites (N-methyl/N-ethyl adjacent to an activating group) is 1. The molecule has 8 nitrogen and oxygen atoms in total. The van der Waals surface area contributed by atoms with Crippen LogP contribution >= 0.6 is 0 Å². The molecule has 0 radical (unpaired) electrons. The lowest BCUT2D eigenvalue weighted by Crippen LogP contribution is -2.50. The van der Waals surface area contributed by atoms with Crippen LogP contribution in [-0.4, -0.2) is 45.1 Å². The molecule has 0 saturated heterocycles. The van der Waals surface area contributed by atoms with Gasteiger partial charge in [0.05, 0.1) is 0 Å². The Morgan fingerprint density at radius 2 is 1.90 bits per heavy atom. The van der Waals surface area contributed by atoms with Gasteiger partial charge < -0.3 is 10.3 Å². The van der Waals surface area contributed by atoms with E-state index in [-0.39, 0.29) is 23.6 Å². The Hall–Kier alpha value is -3.55. The van der Waals surface area contributed by atoms with Crippen LogP contribution in [0.25, 0.3) is 0 Å². The first kappa shape index (κ1) is 19.8. The first-order chi connectivity index (χ1) is 14.5. The quantitative estimate of drug-likeness (QED) is 0.694. The normalized spacial score (nSPS) is 21.1. The SMILES string of the molecule is C[C@@H]1[C@H](NC(=O)c2nnc(Cc3ccccc3)[nH]2)C(=O)N(C)c2ncccc2[C@@H]1C. The van der Waals surface area contributed by atoms with E-state index in [1.54, 1.807) is 13.2 Å². The van der Waals surface area contributed by atoms with Crippen molar-refractivity contribution in [3.05, 3.63) is 71.4 Å². The zero-order valence-electron chi connectivity index (χ0n) is 17.2. The Morgan fingerprint density at radius 1 is 1.13 bits per heavy atom. The molecule has 1 aliphatic rings. The zero-order chi connectivity index (χ0) is 21.3. The minimum Gasteiger partial charge on any atom is -0.337 e. The van der Waals surface area contributed by atoms with Crippen LogP contribution in [0.4, 0.5) is 5.82 Å². The average molecular weight is 404 g/mol. The fraction of sp³-hybridized carbons (Fsp3) is 0.318. The number of hydrogen-bond donors (Lipinski definition) is 2. The minimum atomic E-state index is -0.700. The third kappa shape index (κ3) is 3.68. The van der Waals surface area contributed by atoms with Gasteiger partial charge in [-0.1, -0.05) is 50.2 Å². The van der Waals surface area contributed by atoms with Crippen molar-refractivity contribution in [3.63, 3.8) is 0 Å². The Morgan fingerprint density at radius 3 is 2.67 bits per heavy atom. The van der Waals surface area contributed by atoms with E-state index in [1.165, 1.54) is 4.90 Å². The van der Waals surface area contributed by atoms with Crippen molar-refractivity contribution >= 4 is 17.6 Å². The summed E-state index contributed by atoms with van der Waals surface area (Å²) in [6, 6.07) is 12.9. The summed E-state index contributed by atoms with van der Waals surface area (Å²) < 4.78 is 0. The summed E-state index contributed by atoms with van der Waals surface area (Å²) >= 11 is 0. The summed E-state index contributed by atoms with van der Waals surface area (Å²) in [5.74, 6) is 0.571. The van der Waals surface area contributed by atoms with Crippen molar-refractivity contribution in [1.29, 1.82) is 0 Å². The fourth-order valence-corrected chi connectivity index (χ4v) is 3.83. The van der Waals surface area contributed by atoms with Gasteiger partial charge in [-0.05, 0) is 29.0 Å². The number of nitrogens with zero attached hydrogens (tertiary/aromatic N) is 4. The van der Waals surface area contributed by atoms with E-state index in [4.69, 9.17) is 0 Å². The molecule has 0 saturated carbocycles. The van der Waals surface area contributed by atoms with E-state index in [0.717, 1.165) is 11.1 Å². The number of rotatable bonds is 4. The molecule has 30 heavy (non-hydrogen) atoms. The second-order valence-corrected chi connectivity index (χ2v) is 7.70. The van der Waals surface area contributed by atoms with E-state index < -0.39 is 11.9 Å². The molecule has 3 atom stereocenters. The number of pyridine rings is 1. The lowest BCUT2D eigenvalue weighted by molar-refractivity contribution is -0.121. The third-order valence-electron chi connectivity index (χ3n) is 5.79. The Labute approximate surface area is 174 Å². The number of nitrogens with one attached hydrogen (secondary N) is 2. The van der Waals surface area contributed by atoms with Crippen LogP contribution in [0.5, 0.6) is 0 Å². The highest BCUT2D eigenvalue weighted by Gasteiger charge is 2.39. The second kappa shape index (κ2) is 8.06. The molecule has 0 spiro atoms. The smallest absolute Gasteiger partial charge is 0.289 e. The molecule has 0 aliphatic carbocycles. The molecule has 2 N–H and O–H groups in total. The van der Waals surface area contributed by atoms with Crippen molar-refractivity contribution in [1.82, 2.24) is 25.5 Å².